The van der Waals surface area contributed by atoms with Crippen LogP contribution in [-0.2, 0) is 16.0 Å². The van der Waals surface area contributed by atoms with Crippen LogP contribution in [0.4, 0.5) is 0 Å². The molecule has 7 rings (SSSR count). The lowest BCUT2D eigenvalue weighted by atomic mass is 9.73. The third kappa shape index (κ3) is 6.10. The quantitative estimate of drug-likeness (QED) is 0.288. The number of hydrogen-bond donors (Lipinski definition) is 3. The number of ether oxygens (including phenoxy) is 2. The zero-order chi connectivity index (χ0) is 29.6. The van der Waals surface area contributed by atoms with Crippen molar-refractivity contribution in [2.24, 2.45) is 5.41 Å². The van der Waals surface area contributed by atoms with Crippen LogP contribution in [0.15, 0.2) is 48.1 Å². The normalized spacial score (nSPS) is 26.2. The highest BCUT2D eigenvalue weighted by Crippen LogP contribution is 2.59. The molecular formula is C34H42N4O4S. The maximum atomic E-state index is 13.2. The van der Waals surface area contributed by atoms with E-state index in [1.807, 2.05) is 29.8 Å². The van der Waals surface area contributed by atoms with Gasteiger partial charge in [0.2, 0.25) is 11.8 Å². The maximum absolute atomic E-state index is 13.2. The molecule has 4 aliphatic rings. The van der Waals surface area contributed by atoms with Gasteiger partial charge in [0.25, 0.3) is 0 Å². The number of aromatic nitrogens is 2. The average molecular weight is 603 g/mol. The SMILES string of the molecule is CC1(C)C[C@H]1c1cnc2c(c1)[C@@H](NC[C@@H](O)[C@H](Cc1cccc(-c3nccs3)c1)NC(=O)[C@H]1CCCO1)CC1(CCC1)O2. The van der Waals surface area contributed by atoms with Gasteiger partial charge >= 0.3 is 0 Å². The molecule has 2 aliphatic carbocycles. The van der Waals surface area contributed by atoms with Gasteiger partial charge in [0.05, 0.1) is 12.1 Å². The van der Waals surface area contributed by atoms with Gasteiger partial charge in [-0.25, -0.2) is 9.97 Å². The van der Waals surface area contributed by atoms with Crippen molar-refractivity contribution in [3.05, 3.63) is 64.8 Å². The number of amides is 1. The van der Waals surface area contributed by atoms with Gasteiger partial charge in [-0.2, -0.15) is 0 Å². The van der Waals surface area contributed by atoms with Crippen LogP contribution >= 0.6 is 11.3 Å². The molecule has 8 nitrogen and oxygen atoms in total. The number of pyridine rings is 1. The molecule has 2 aromatic heterocycles. The first kappa shape index (κ1) is 28.9. The van der Waals surface area contributed by atoms with E-state index in [4.69, 9.17) is 14.5 Å². The Morgan fingerprint density at radius 1 is 1.19 bits per heavy atom. The number of aliphatic hydroxyl groups excluding tert-OH is 1. The Kier molecular flexibility index (Phi) is 7.78. The lowest BCUT2D eigenvalue weighted by molar-refractivity contribution is -0.131. The largest absolute Gasteiger partial charge is 0.471 e. The van der Waals surface area contributed by atoms with Crippen molar-refractivity contribution in [1.82, 2.24) is 20.6 Å². The Morgan fingerprint density at radius 3 is 2.74 bits per heavy atom. The highest BCUT2D eigenvalue weighted by atomic mass is 32.1. The monoisotopic (exact) mass is 602 g/mol. The summed E-state index contributed by atoms with van der Waals surface area (Å²) in [5.74, 6) is 1.10. The lowest BCUT2D eigenvalue weighted by Crippen LogP contribution is -2.53. The number of carbonyl (C=O) groups is 1. The second kappa shape index (κ2) is 11.6. The number of hydrogen-bond acceptors (Lipinski definition) is 8. The summed E-state index contributed by atoms with van der Waals surface area (Å²) in [6.07, 6.45) is 9.87. The van der Waals surface area contributed by atoms with Gasteiger partial charge in [-0.3, -0.25) is 4.79 Å². The van der Waals surface area contributed by atoms with E-state index in [1.54, 1.807) is 17.5 Å². The molecule has 1 spiro atoms. The van der Waals surface area contributed by atoms with Crippen LogP contribution < -0.4 is 15.4 Å². The van der Waals surface area contributed by atoms with Crippen molar-refractivity contribution in [2.45, 2.75) is 101 Å². The minimum atomic E-state index is -0.809. The summed E-state index contributed by atoms with van der Waals surface area (Å²) in [7, 11) is 0. The molecule has 0 unspecified atom stereocenters. The van der Waals surface area contributed by atoms with E-state index in [0.717, 1.165) is 59.7 Å². The number of thiazole rings is 1. The zero-order valence-corrected chi connectivity index (χ0v) is 25.9. The number of benzene rings is 1. The Bertz CT molecular complexity index is 1450. The molecule has 3 fully saturated rings. The molecule has 9 heteroatoms. The fourth-order valence-corrected chi connectivity index (χ4v) is 7.67. The molecule has 0 bridgehead atoms. The highest BCUT2D eigenvalue weighted by molar-refractivity contribution is 7.13. The molecule has 0 radical (unpaired) electrons. The molecule has 2 aliphatic heterocycles. The third-order valence-corrected chi connectivity index (χ3v) is 10.8. The van der Waals surface area contributed by atoms with Crippen molar-refractivity contribution in [3.8, 4) is 16.5 Å². The Hall–Kier alpha value is -2.85. The Morgan fingerprint density at radius 2 is 2.05 bits per heavy atom. The van der Waals surface area contributed by atoms with Crippen LogP contribution in [-0.4, -0.2) is 58.0 Å². The Labute approximate surface area is 257 Å². The third-order valence-electron chi connectivity index (χ3n) is 9.99. The van der Waals surface area contributed by atoms with E-state index in [9.17, 15) is 9.90 Å². The minimum absolute atomic E-state index is 0.0239. The average Bonchev–Trinajstić information content (AvgIpc) is 3.44. The number of fused-ring (bicyclic) bond motifs is 1. The molecule has 3 N–H and O–H groups in total. The van der Waals surface area contributed by atoms with Gasteiger partial charge < -0.3 is 25.2 Å². The lowest BCUT2D eigenvalue weighted by Gasteiger charge is -2.47. The van der Waals surface area contributed by atoms with Crippen molar-refractivity contribution < 1.29 is 19.4 Å². The van der Waals surface area contributed by atoms with Gasteiger partial charge in [0.1, 0.15) is 16.7 Å². The summed E-state index contributed by atoms with van der Waals surface area (Å²) in [5.41, 5.74) is 4.57. The first-order valence-electron chi connectivity index (χ1n) is 15.8. The van der Waals surface area contributed by atoms with Gasteiger partial charge in [0, 0.05) is 54.5 Å². The molecule has 3 aromatic rings. The molecule has 43 heavy (non-hydrogen) atoms. The molecule has 228 valence electrons. The van der Waals surface area contributed by atoms with Gasteiger partial charge in [-0.15, -0.1) is 11.3 Å². The fourth-order valence-electron chi connectivity index (χ4n) is 7.04. The van der Waals surface area contributed by atoms with Crippen LogP contribution in [0.2, 0.25) is 0 Å². The number of nitrogens with zero attached hydrogens (tertiary/aromatic N) is 2. The topological polar surface area (TPSA) is 106 Å². The van der Waals surface area contributed by atoms with Crippen molar-refractivity contribution in [1.29, 1.82) is 0 Å². The predicted molar refractivity (Wildman–Crippen MR) is 166 cm³/mol. The molecule has 1 aromatic carbocycles. The molecule has 1 amide bonds. The van der Waals surface area contributed by atoms with E-state index in [-0.39, 0.29) is 17.6 Å². The molecule has 1 saturated heterocycles. The summed E-state index contributed by atoms with van der Waals surface area (Å²) in [6, 6.07) is 10.0. The van der Waals surface area contributed by atoms with Crippen LogP contribution in [0, 0.1) is 5.41 Å². The first-order valence-corrected chi connectivity index (χ1v) is 16.7. The van der Waals surface area contributed by atoms with Crippen LogP contribution in [0.1, 0.15) is 87.4 Å². The van der Waals surface area contributed by atoms with E-state index < -0.39 is 18.2 Å². The molecule has 5 atom stereocenters. The first-order chi connectivity index (χ1) is 20.8. The summed E-state index contributed by atoms with van der Waals surface area (Å²) < 4.78 is 12.2. The van der Waals surface area contributed by atoms with E-state index in [2.05, 4.69) is 41.6 Å². The molecule has 2 saturated carbocycles. The van der Waals surface area contributed by atoms with Crippen molar-refractivity contribution in [2.75, 3.05) is 13.2 Å². The summed E-state index contributed by atoms with van der Waals surface area (Å²) in [4.78, 5) is 22.4. The van der Waals surface area contributed by atoms with Crippen LogP contribution in [0.25, 0.3) is 10.6 Å². The van der Waals surface area contributed by atoms with Crippen LogP contribution in [0.3, 0.4) is 0 Å². The van der Waals surface area contributed by atoms with Crippen molar-refractivity contribution in [3.63, 3.8) is 0 Å². The minimum Gasteiger partial charge on any atom is -0.471 e. The van der Waals surface area contributed by atoms with Gasteiger partial charge in [0.15, 0.2) is 0 Å². The number of rotatable bonds is 10. The van der Waals surface area contributed by atoms with Gasteiger partial charge in [-0.05, 0) is 79.5 Å². The second-order valence-electron chi connectivity index (χ2n) is 13.6. The molecular weight excluding hydrogens is 560 g/mol. The van der Waals surface area contributed by atoms with Gasteiger partial charge in [-0.1, -0.05) is 32.0 Å². The van der Waals surface area contributed by atoms with E-state index in [1.165, 1.54) is 12.0 Å². The summed E-state index contributed by atoms with van der Waals surface area (Å²) >= 11 is 1.60. The van der Waals surface area contributed by atoms with Crippen LogP contribution in [0.5, 0.6) is 5.88 Å². The standard InChI is InChI=1S/C34H42N4O4S/c1-33(2)17-25(33)23-16-24-27(18-34(9-5-10-34)42-31(24)37-19-23)36-20-28(39)26(38-30(40)29-8-4-12-41-29)15-21-6-3-7-22(14-21)32-35-11-13-43-32/h3,6-7,11,13-14,16,19,25-29,36,39H,4-5,8-10,12,15,17-18,20H2,1-2H3,(H,38,40)/t25-,26-,27-,28+,29+/m0/s1. The predicted octanol–water partition coefficient (Wildman–Crippen LogP) is 5.32. The number of aliphatic hydroxyl groups is 1. The highest BCUT2D eigenvalue weighted by Gasteiger charge is 2.49. The number of nitrogens with one attached hydrogen (secondary N) is 2. The van der Waals surface area contributed by atoms with E-state index in [0.29, 0.717) is 37.3 Å². The van der Waals surface area contributed by atoms with E-state index >= 15 is 0 Å². The fraction of sp³-hybridized carbons (Fsp3) is 0.559. The molecule has 4 heterocycles. The Balaban J connectivity index is 1.10. The van der Waals surface area contributed by atoms with Crippen molar-refractivity contribution >= 4 is 17.2 Å². The maximum Gasteiger partial charge on any atom is 0.249 e. The second-order valence-corrected chi connectivity index (χ2v) is 14.5. The number of carbonyl (C=O) groups excluding carboxylic acids is 1. The zero-order valence-electron chi connectivity index (χ0n) is 25.1. The summed E-state index contributed by atoms with van der Waals surface area (Å²) in [6.45, 7) is 5.55. The summed E-state index contributed by atoms with van der Waals surface area (Å²) in [5, 5.41) is 21.4. The smallest absolute Gasteiger partial charge is 0.249 e.